The van der Waals surface area contributed by atoms with Crippen molar-refractivity contribution in [2.75, 3.05) is 17.7 Å². The molecule has 1 aromatic carbocycles. The molecule has 0 amide bonds. The van der Waals surface area contributed by atoms with Gasteiger partial charge in [-0.2, -0.15) is 0 Å². The molecule has 0 aliphatic rings. The molecule has 0 radical (unpaired) electrons. The summed E-state index contributed by atoms with van der Waals surface area (Å²) in [7, 11) is 1.82. The van der Waals surface area contributed by atoms with Gasteiger partial charge in [-0.05, 0) is 31.5 Å². The number of rotatable bonds is 4. The number of alkyl halides is 2. The molecule has 90 valence electrons. The molecular formula is C12H18F2N2. The number of benzene rings is 1. The van der Waals surface area contributed by atoms with Crippen molar-refractivity contribution in [1.29, 1.82) is 0 Å². The summed E-state index contributed by atoms with van der Waals surface area (Å²) in [5, 5.41) is 0. The molecule has 0 spiro atoms. The second-order valence-corrected chi connectivity index (χ2v) is 3.99. The minimum Gasteiger partial charge on any atom is -0.399 e. The highest BCUT2D eigenvalue weighted by molar-refractivity contribution is 5.60. The molecule has 0 heterocycles. The van der Waals surface area contributed by atoms with Crippen molar-refractivity contribution in [2.24, 2.45) is 0 Å². The summed E-state index contributed by atoms with van der Waals surface area (Å²) in [5.74, 6) is 0. The van der Waals surface area contributed by atoms with Crippen molar-refractivity contribution in [1.82, 2.24) is 0 Å². The fraction of sp³-hybridized carbons (Fsp3) is 0.500. The summed E-state index contributed by atoms with van der Waals surface area (Å²) in [4.78, 5) is 1.86. The van der Waals surface area contributed by atoms with E-state index in [9.17, 15) is 8.78 Å². The van der Waals surface area contributed by atoms with Crippen LogP contribution >= 0.6 is 0 Å². The van der Waals surface area contributed by atoms with Crippen LogP contribution in [0.2, 0.25) is 0 Å². The fourth-order valence-corrected chi connectivity index (χ4v) is 1.58. The van der Waals surface area contributed by atoms with Crippen molar-refractivity contribution in [3.63, 3.8) is 0 Å². The van der Waals surface area contributed by atoms with Gasteiger partial charge < -0.3 is 10.6 Å². The van der Waals surface area contributed by atoms with E-state index >= 15 is 0 Å². The largest absolute Gasteiger partial charge is 0.399 e. The van der Waals surface area contributed by atoms with Gasteiger partial charge in [0, 0.05) is 30.0 Å². The van der Waals surface area contributed by atoms with Crippen LogP contribution < -0.4 is 10.6 Å². The van der Waals surface area contributed by atoms with Crippen LogP contribution in [0, 0.1) is 0 Å². The highest BCUT2D eigenvalue weighted by Gasteiger charge is 2.18. The van der Waals surface area contributed by atoms with E-state index in [-0.39, 0.29) is 11.6 Å². The molecule has 1 atom stereocenters. The Balaban J connectivity index is 3.12. The molecule has 0 aromatic heterocycles. The molecule has 0 fully saturated rings. The molecule has 0 aliphatic carbocycles. The molecule has 1 unspecified atom stereocenters. The summed E-state index contributed by atoms with van der Waals surface area (Å²) >= 11 is 0. The molecule has 0 saturated heterocycles. The number of nitrogen functional groups attached to an aromatic ring is 1. The molecule has 0 bridgehead atoms. The van der Waals surface area contributed by atoms with Gasteiger partial charge in [-0.25, -0.2) is 8.78 Å². The minimum atomic E-state index is -2.50. The van der Waals surface area contributed by atoms with E-state index < -0.39 is 6.43 Å². The van der Waals surface area contributed by atoms with E-state index in [0.29, 0.717) is 11.4 Å². The Hall–Kier alpha value is -1.32. The monoisotopic (exact) mass is 228 g/mol. The topological polar surface area (TPSA) is 29.3 Å². The lowest BCUT2D eigenvalue weighted by molar-refractivity contribution is 0.152. The number of hydrogen-bond acceptors (Lipinski definition) is 2. The van der Waals surface area contributed by atoms with Crippen molar-refractivity contribution in [3.05, 3.63) is 23.8 Å². The van der Waals surface area contributed by atoms with Crippen LogP contribution in [0.5, 0.6) is 0 Å². The van der Waals surface area contributed by atoms with Gasteiger partial charge >= 0.3 is 0 Å². The maximum Gasteiger partial charge on any atom is 0.265 e. The van der Waals surface area contributed by atoms with Crippen molar-refractivity contribution in [2.45, 2.75) is 32.7 Å². The fourth-order valence-electron chi connectivity index (χ4n) is 1.58. The first-order valence-corrected chi connectivity index (χ1v) is 5.37. The maximum absolute atomic E-state index is 12.9. The van der Waals surface area contributed by atoms with Gasteiger partial charge in [0.25, 0.3) is 6.43 Å². The molecule has 1 aromatic rings. The minimum absolute atomic E-state index is 0.00259. The zero-order valence-electron chi connectivity index (χ0n) is 9.87. The quantitative estimate of drug-likeness (QED) is 0.800. The number of hydrogen-bond donors (Lipinski definition) is 1. The highest BCUT2D eigenvalue weighted by atomic mass is 19.3. The first-order chi connectivity index (χ1) is 7.47. The second-order valence-electron chi connectivity index (χ2n) is 3.99. The Bertz CT molecular complexity index is 353. The van der Waals surface area contributed by atoms with E-state index in [2.05, 4.69) is 0 Å². The zero-order valence-corrected chi connectivity index (χ0v) is 9.87. The summed E-state index contributed by atoms with van der Waals surface area (Å²) in [6, 6.07) is 4.88. The van der Waals surface area contributed by atoms with Gasteiger partial charge in [0.1, 0.15) is 0 Å². The Morgan fingerprint density at radius 3 is 2.50 bits per heavy atom. The first-order valence-electron chi connectivity index (χ1n) is 5.37. The first kappa shape index (κ1) is 12.7. The Labute approximate surface area is 95.1 Å². The lowest BCUT2D eigenvalue weighted by Crippen LogP contribution is -2.29. The standard InChI is InChI=1S/C12H18F2N2/c1-4-8(2)16(3)11-6-5-9(15)7-10(11)12(13)14/h5-8,12H,4,15H2,1-3H3. The van der Waals surface area contributed by atoms with Crippen molar-refractivity contribution < 1.29 is 8.78 Å². The molecular weight excluding hydrogens is 210 g/mol. The lowest BCUT2D eigenvalue weighted by Gasteiger charge is -2.28. The van der Waals surface area contributed by atoms with Crippen molar-refractivity contribution in [3.8, 4) is 0 Å². The molecule has 2 N–H and O–H groups in total. The van der Waals surface area contributed by atoms with Gasteiger partial charge in [-0.15, -0.1) is 0 Å². The van der Waals surface area contributed by atoms with Crippen LogP contribution in [0.3, 0.4) is 0 Å². The average molecular weight is 228 g/mol. The molecule has 1 rings (SSSR count). The summed E-state index contributed by atoms with van der Waals surface area (Å²) in [5.41, 5.74) is 6.45. The SMILES string of the molecule is CCC(C)N(C)c1ccc(N)cc1C(F)F. The van der Waals surface area contributed by atoms with Crippen molar-refractivity contribution >= 4 is 11.4 Å². The Kier molecular flexibility index (Phi) is 4.10. The van der Waals surface area contributed by atoms with E-state index in [4.69, 9.17) is 5.73 Å². The summed E-state index contributed by atoms with van der Waals surface area (Å²) in [6.45, 7) is 4.03. The third-order valence-electron chi connectivity index (χ3n) is 2.92. The molecule has 4 heteroatoms. The van der Waals surface area contributed by atoms with Gasteiger partial charge in [-0.1, -0.05) is 6.92 Å². The van der Waals surface area contributed by atoms with E-state index in [1.807, 2.05) is 25.8 Å². The van der Waals surface area contributed by atoms with Crippen LogP contribution in [-0.2, 0) is 0 Å². The summed E-state index contributed by atoms with van der Waals surface area (Å²) in [6.07, 6.45) is -1.59. The van der Waals surface area contributed by atoms with Crippen LogP contribution in [-0.4, -0.2) is 13.1 Å². The Morgan fingerprint density at radius 1 is 1.38 bits per heavy atom. The van der Waals surface area contributed by atoms with Gasteiger partial charge in [0.05, 0.1) is 0 Å². The smallest absolute Gasteiger partial charge is 0.265 e. The number of halogens is 2. The predicted octanol–water partition coefficient (Wildman–Crippen LogP) is 3.44. The van der Waals surface area contributed by atoms with Gasteiger partial charge in [0.2, 0.25) is 0 Å². The summed E-state index contributed by atoms with van der Waals surface area (Å²) < 4.78 is 25.7. The lowest BCUT2D eigenvalue weighted by atomic mass is 10.1. The predicted molar refractivity (Wildman–Crippen MR) is 64.0 cm³/mol. The van der Waals surface area contributed by atoms with E-state index in [1.165, 1.54) is 6.07 Å². The molecule has 16 heavy (non-hydrogen) atoms. The maximum atomic E-state index is 12.9. The van der Waals surface area contributed by atoms with Gasteiger partial charge in [0.15, 0.2) is 0 Å². The Morgan fingerprint density at radius 2 is 2.00 bits per heavy atom. The average Bonchev–Trinajstić information content (AvgIpc) is 2.26. The third kappa shape index (κ3) is 2.62. The van der Waals surface area contributed by atoms with Crippen LogP contribution in [0.1, 0.15) is 32.3 Å². The van der Waals surface area contributed by atoms with Gasteiger partial charge in [-0.3, -0.25) is 0 Å². The highest BCUT2D eigenvalue weighted by Crippen LogP contribution is 2.32. The number of nitrogens with zero attached hydrogens (tertiary/aromatic N) is 1. The normalized spacial score (nSPS) is 12.9. The third-order valence-corrected chi connectivity index (χ3v) is 2.92. The van der Waals surface area contributed by atoms with E-state index in [0.717, 1.165) is 6.42 Å². The number of nitrogens with two attached hydrogens (primary N) is 1. The number of anilines is 2. The van der Waals surface area contributed by atoms with Crippen LogP contribution in [0.15, 0.2) is 18.2 Å². The zero-order chi connectivity index (χ0) is 12.3. The van der Waals surface area contributed by atoms with Crippen LogP contribution in [0.25, 0.3) is 0 Å². The second kappa shape index (κ2) is 5.14. The molecule has 0 aliphatic heterocycles. The molecule has 2 nitrogen and oxygen atoms in total. The molecule has 0 saturated carbocycles. The van der Waals surface area contributed by atoms with E-state index in [1.54, 1.807) is 12.1 Å². The van der Waals surface area contributed by atoms with Crippen LogP contribution in [0.4, 0.5) is 20.2 Å².